The van der Waals surface area contributed by atoms with Gasteiger partial charge in [-0.1, -0.05) is 53.0 Å². The zero-order chi connectivity index (χ0) is 20.1. The second-order valence-electron chi connectivity index (χ2n) is 6.17. The van der Waals surface area contributed by atoms with Crippen LogP contribution in [-0.2, 0) is 17.8 Å². The molecule has 0 radical (unpaired) electrons. The molecule has 0 fully saturated rings. The molecule has 0 spiro atoms. The highest BCUT2D eigenvalue weighted by atomic mass is 35.5. The Balaban J connectivity index is 1.53. The van der Waals surface area contributed by atoms with Crippen LogP contribution in [0.2, 0.25) is 10.0 Å². The highest BCUT2D eigenvalue weighted by Gasteiger charge is 2.12. The molecule has 2 amide bonds. The summed E-state index contributed by atoms with van der Waals surface area (Å²) < 4.78 is 0. The van der Waals surface area contributed by atoms with Gasteiger partial charge in [-0.05, 0) is 30.7 Å². The maximum Gasteiger partial charge on any atom is 0.257 e. The lowest BCUT2D eigenvalue weighted by Gasteiger charge is -2.05. The number of benzene rings is 2. The molecule has 3 rings (SSSR count). The number of hydrogen-bond donors (Lipinski definition) is 2. The minimum absolute atomic E-state index is 0.131. The van der Waals surface area contributed by atoms with Crippen LogP contribution in [0.1, 0.15) is 27.2 Å². The lowest BCUT2D eigenvalue weighted by atomic mass is 10.1. The van der Waals surface area contributed by atoms with E-state index >= 15 is 0 Å². The fourth-order valence-corrected chi connectivity index (χ4v) is 3.39. The molecule has 0 bridgehead atoms. The van der Waals surface area contributed by atoms with Crippen LogP contribution in [0.15, 0.2) is 47.8 Å². The molecule has 0 saturated heterocycles. The molecule has 8 heteroatoms. The second-order valence-corrected chi connectivity index (χ2v) is 7.84. The first kappa shape index (κ1) is 20.3. The van der Waals surface area contributed by atoms with Crippen LogP contribution in [0.5, 0.6) is 0 Å². The first-order valence-electron chi connectivity index (χ1n) is 8.44. The first-order chi connectivity index (χ1) is 13.4. The summed E-state index contributed by atoms with van der Waals surface area (Å²) >= 11 is 13.0. The van der Waals surface area contributed by atoms with Crippen LogP contribution in [-0.4, -0.2) is 16.8 Å². The van der Waals surface area contributed by atoms with Gasteiger partial charge in [0.1, 0.15) is 0 Å². The largest absolute Gasteiger partial charge is 0.352 e. The van der Waals surface area contributed by atoms with E-state index in [2.05, 4.69) is 15.6 Å². The molecule has 144 valence electrons. The second kappa shape index (κ2) is 9.19. The van der Waals surface area contributed by atoms with Crippen molar-refractivity contribution in [2.45, 2.75) is 19.9 Å². The Morgan fingerprint density at radius 2 is 1.82 bits per heavy atom. The van der Waals surface area contributed by atoms with Crippen LogP contribution in [0.25, 0.3) is 0 Å². The molecule has 2 aromatic carbocycles. The number of rotatable bonds is 6. The van der Waals surface area contributed by atoms with Crippen LogP contribution in [0, 0.1) is 6.92 Å². The van der Waals surface area contributed by atoms with Gasteiger partial charge in [-0.15, -0.1) is 11.3 Å². The van der Waals surface area contributed by atoms with Crippen molar-refractivity contribution in [1.82, 2.24) is 10.3 Å². The van der Waals surface area contributed by atoms with Gasteiger partial charge in [0, 0.05) is 17.5 Å². The van der Waals surface area contributed by atoms with Crippen molar-refractivity contribution in [3.05, 3.63) is 80.3 Å². The monoisotopic (exact) mass is 433 g/mol. The topological polar surface area (TPSA) is 71.1 Å². The molecule has 1 aromatic heterocycles. The van der Waals surface area contributed by atoms with Crippen molar-refractivity contribution in [2.75, 3.05) is 5.32 Å². The van der Waals surface area contributed by atoms with E-state index in [9.17, 15) is 9.59 Å². The third-order valence-corrected chi connectivity index (χ3v) is 5.45. The molecule has 5 nitrogen and oxygen atoms in total. The molecule has 3 aromatic rings. The number of hydrogen-bond acceptors (Lipinski definition) is 4. The average Bonchev–Trinajstić information content (AvgIpc) is 3.10. The summed E-state index contributed by atoms with van der Waals surface area (Å²) in [5.74, 6) is -0.475. The summed E-state index contributed by atoms with van der Waals surface area (Å²) in [7, 11) is 0. The van der Waals surface area contributed by atoms with Gasteiger partial charge in [0.2, 0.25) is 5.91 Å². The van der Waals surface area contributed by atoms with E-state index in [1.165, 1.54) is 23.0 Å². The summed E-state index contributed by atoms with van der Waals surface area (Å²) in [6.07, 6.45) is 0.144. The van der Waals surface area contributed by atoms with Crippen molar-refractivity contribution >= 4 is 51.5 Å². The third kappa shape index (κ3) is 5.55. The molecular weight excluding hydrogens is 417 g/mol. The predicted molar refractivity (Wildman–Crippen MR) is 113 cm³/mol. The summed E-state index contributed by atoms with van der Waals surface area (Å²) in [5.41, 5.74) is 3.18. The van der Waals surface area contributed by atoms with E-state index in [0.717, 1.165) is 5.56 Å². The summed E-state index contributed by atoms with van der Waals surface area (Å²) in [5, 5.41) is 8.41. The molecule has 0 unspecified atom stereocenters. The van der Waals surface area contributed by atoms with E-state index in [4.69, 9.17) is 23.2 Å². The Labute approximate surface area is 176 Å². The third-order valence-electron chi connectivity index (χ3n) is 3.91. The Morgan fingerprint density at radius 1 is 1.07 bits per heavy atom. The molecule has 1 heterocycles. The fourth-order valence-electron chi connectivity index (χ4n) is 2.39. The van der Waals surface area contributed by atoms with E-state index in [-0.39, 0.29) is 18.2 Å². The standard InChI is InChI=1S/C20H17Cl2N3O2S/c1-12-2-4-13(5-3-12)10-23-18(26)9-15-11-28-20(24-15)25-19(27)14-6-7-16(21)17(22)8-14/h2-8,11H,9-10H2,1H3,(H,23,26)(H,24,25,27). The van der Waals surface area contributed by atoms with Gasteiger partial charge in [0.15, 0.2) is 5.13 Å². The number of amides is 2. The zero-order valence-electron chi connectivity index (χ0n) is 15.0. The van der Waals surface area contributed by atoms with Crippen LogP contribution in [0.4, 0.5) is 5.13 Å². The number of anilines is 1. The Hall–Kier alpha value is -2.41. The smallest absolute Gasteiger partial charge is 0.257 e. The van der Waals surface area contributed by atoms with Crippen molar-refractivity contribution in [1.29, 1.82) is 0 Å². The Bertz CT molecular complexity index is 1000. The Morgan fingerprint density at radius 3 is 2.54 bits per heavy atom. The van der Waals surface area contributed by atoms with Crippen molar-refractivity contribution < 1.29 is 9.59 Å². The SMILES string of the molecule is Cc1ccc(CNC(=O)Cc2csc(NC(=O)c3ccc(Cl)c(Cl)c3)n2)cc1. The quantitative estimate of drug-likeness (QED) is 0.582. The molecule has 0 aliphatic carbocycles. The van der Waals surface area contributed by atoms with Gasteiger partial charge in [-0.25, -0.2) is 4.98 Å². The van der Waals surface area contributed by atoms with Gasteiger partial charge in [-0.3, -0.25) is 14.9 Å². The number of nitrogens with one attached hydrogen (secondary N) is 2. The zero-order valence-corrected chi connectivity index (χ0v) is 17.3. The number of nitrogens with zero attached hydrogens (tertiary/aromatic N) is 1. The molecule has 0 aliphatic heterocycles. The number of halogens is 2. The summed E-state index contributed by atoms with van der Waals surface area (Å²) in [4.78, 5) is 28.7. The summed E-state index contributed by atoms with van der Waals surface area (Å²) in [6, 6.07) is 12.6. The van der Waals surface area contributed by atoms with Crippen molar-refractivity contribution in [3.63, 3.8) is 0 Å². The van der Waals surface area contributed by atoms with Gasteiger partial charge in [0.05, 0.1) is 22.2 Å². The number of carbonyl (C=O) groups is 2. The number of aryl methyl sites for hydroxylation is 1. The maximum absolute atomic E-state index is 12.3. The number of aromatic nitrogens is 1. The molecule has 0 aliphatic rings. The van der Waals surface area contributed by atoms with Crippen LogP contribution < -0.4 is 10.6 Å². The maximum atomic E-state index is 12.3. The number of carbonyl (C=O) groups excluding carboxylic acids is 2. The van der Waals surface area contributed by atoms with E-state index in [1.807, 2.05) is 31.2 Å². The van der Waals surface area contributed by atoms with Crippen LogP contribution >= 0.6 is 34.5 Å². The van der Waals surface area contributed by atoms with Gasteiger partial charge >= 0.3 is 0 Å². The van der Waals surface area contributed by atoms with Gasteiger partial charge in [0.25, 0.3) is 5.91 Å². The van der Waals surface area contributed by atoms with E-state index in [0.29, 0.717) is 33.0 Å². The minimum Gasteiger partial charge on any atom is -0.352 e. The van der Waals surface area contributed by atoms with E-state index in [1.54, 1.807) is 17.5 Å². The van der Waals surface area contributed by atoms with E-state index < -0.39 is 0 Å². The normalized spacial score (nSPS) is 10.5. The molecule has 0 atom stereocenters. The lowest BCUT2D eigenvalue weighted by Crippen LogP contribution is -2.24. The highest BCUT2D eigenvalue weighted by molar-refractivity contribution is 7.14. The number of thiazole rings is 1. The summed E-state index contributed by atoms with van der Waals surface area (Å²) in [6.45, 7) is 2.48. The van der Waals surface area contributed by atoms with Crippen molar-refractivity contribution in [2.24, 2.45) is 0 Å². The highest BCUT2D eigenvalue weighted by Crippen LogP contribution is 2.23. The van der Waals surface area contributed by atoms with Gasteiger partial charge in [-0.2, -0.15) is 0 Å². The average molecular weight is 434 g/mol. The Kier molecular flexibility index (Phi) is 6.67. The fraction of sp³-hybridized carbons (Fsp3) is 0.150. The van der Waals surface area contributed by atoms with Crippen LogP contribution in [0.3, 0.4) is 0 Å². The first-order valence-corrected chi connectivity index (χ1v) is 10.1. The van der Waals surface area contributed by atoms with Crippen molar-refractivity contribution in [3.8, 4) is 0 Å². The van der Waals surface area contributed by atoms with Gasteiger partial charge < -0.3 is 5.32 Å². The molecular formula is C20H17Cl2N3O2S. The molecule has 2 N–H and O–H groups in total. The predicted octanol–water partition coefficient (Wildman–Crippen LogP) is 4.87. The lowest BCUT2D eigenvalue weighted by molar-refractivity contribution is -0.120. The molecule has 0 saturated carbocycles. The minimum atomic E-state index is -0.344. The molecule has 28 heavy (non-hydrogen) atoms.